The van der Waals surface area contributed by atoms with E-state index in [4.69, 9.17) is 32.9 Å². The van der Waals surface area contributed by atoms with E-state index in [-0.39, 0.29) is 24.0 Å². The fraction of sp³-hybridized carbons (Fsp3) is 0.375. The summed E-state index contributed by atoms with van der Waals surface area (Å²) >= 11 is 12.1. The van der Waals surface area contributed by atoms with E-state index in [1.807, 2.05) is 26.2 Å². The lowest BCUT2D eigenvalue weighted by molar-refractivity contribution is 0.0976. The van der Waals surface area contributed by atoms with Gasteiger partial charge in [0, 0.05) is 33.4 Å². The molecule has 0 radical (unpaired) electrons. The lowest BCUT2D eigenvalue weighted by atomic mass is 9.87. The summed E-state index contributed by atoms with van der Waals surface area (Å²) in [4.78, 5) is 31.7. The third-order valence-corrected chi connectivity index (χ3v) is 6.12. The molecule has 1 fully saturated rings. The molecule has 2 amide bonds. The van der Waals surface area contributed by atoms with Gasteiger partial charge in [-0.1, -0.05) is 29.3 Å². The number of hydrogen-bond acceptors (Lipinski definition) is 5. The summed E-state index contributed by atoms with van der Waals surface area (Å²) in [5, 5.41) is 10.0. The van der Waals surface area contributed by atoms with Crippen LogP contribution in [0.4, 0.5) is 10.5 Å². The summed E-state index contributed by atoms with van der Waals surface area (Å²) in [6.45, 7) is 0. The molecule has 0 spiro atoms. The van der Waals surface area contributed by atoms with Gasteiger partial charge in [0.2, 0.25) is 5.96 Å². The Morgan fingerprint density at radius 3 is 2.41 bits per heavy atom. The maximum absolute atomic E-state index is 12.9. The molecule has 0 aliphatic heterocycles. The zero-order valence-corrected chi connectivity index (χ0v) is 20.9. The Morgan fingerprint density at radius 2 is 1.76 bits per heavy atom. The van der Waals surface area contributed by atoms with E-state index in [1.54, 1.807) is 36.4 Å². The van der Waals surface area contributed by atoms with Gasteiger partial charge < -0.3 is 20.3 Å². The second-order valence-electron chi connectivity index (χ2n) is 8.39. The minimum absolute atomic E-state index is 0.110. The number of methoxy groups -OCH3 is 1. The molecule has 1 saturated carbocycles. The fourth-order valence-corrected chi connectivity index (χ4v) is 4.21. The predicted octanol–water partition coefficient (Wildman–Crippen LogP) is 4.40. The quantitative estimate of drug-likeness (QED) is 0.413. The largest absolute Gasteiger partial charge is 0.453 e. The number of amides is 2. The van der Waals surface area contributed by atoms with Gasteiger partial charge in [0.1, 0.15) is 0 Å². The van der Waals surface area contributed by atoms with Crippen LogP contribution >= 0.6 is 23.2 Å². The van der Waals surface area contributed by atoms with Gasteiger partial charge in [0.25, 0.3) is 5.91 Å². The van der Waals surface area contributed by atoms with Crippen LogP contribution in [0.3, 0.4) is 0 Å². The van der Waals surface area contributed by atoms with E-state index in [0.29, 0.717) is 33.7 Å². The normalized spacial score (nSPS) is 20.5. The van der Waals surface area contributed by atoms with Crippen molar-refractivity contribution in [3.63, 3.8) is 0 Å². The van der Waals surface area contributed by atoms with Gasteiger partial charge in [-0.2, -0.15) is 0 Å². The lowest BCUT2D eigenvalue weighted by Crippen LogP contribution is -2.48. The van der Waals surface area contributed by atoms with Crippen LogP contribution in [0.2, 0.25) is 10.0 Å². The van der Waals surface area contributed by atoms with Gasteiger partial charge in [-0.25, -0.2) is 9.79 Å². The Hall–Kier alpha value is -2.81. The second-order valence-corrected chi connectivity index (χ2v) is 9.26. The van der Waals surface area contributed by atoms with Crippen LogP contribution in [0.15, 0.2) is 53.5 Å². The monoisotopic (exact) mass is 505 g/mol. The van der Waals surface area contributed by atoms with Crippen LogP contribution in [0.25, 0.3) is 0 Å². The van der Waals surface area contributed by atoms with E-state index < -0.39 is 6.09 Å². The predicted molar refractivity (Wildman–Crippen MR) is 136 cm³/mol. The summed E-state index contributed by atoms with van der Waals surface area (Å²) in [7, 11) is 5.34. The Labute approximate surface area is 209 Å². The molecule has 0 bridgehead atoms. The Bertz CT molecular complexity index is 1030. The highest BCUT2D eigenvalue weighted by Crippen LogP contribution is 2.25. The van der Waals surface area contributed by atoms with E-state index in [1.165, 1.54) is 7.11 Å². The van der Waals surface area contributed by atoms with Crippen LogP contribution in [-0.2, 0) is 4.74 Å². The van der Waals surface area contributed by atoms with Crippen LogP contribution in [-0.4, -0.2) is 62.2 Å². The molecule has 0 saturated heterocycles. The molecule has 0 aromatic heterocycles. The number of anilines is 1. The highest BCUT2D eigenvalue weighted by molar-refractivity contribution is 6.31. The maximum Gasteiger partial charge on any atom is 0.407 e. The topological polar surface area (TPSA) is 95.1 Å². The Morgan fingerprint density at radius 1 is 1.03 bits per heavy atom. The number of nitrogens with one attached hydrogen (secondary N) is 3. The number of rotatable bonds is 5. The summed E-state index contributed by atoms with van der Waals surface area (Å²) < 4.78 is 4.77. The molecule has 182 valence electrons. The number of benzene rings is 2. The van der Waals surface area contributed by atoms with Crippen LogP contribution in [0, 0.1) is 0 Å². The van der Waals surface area contributed by atoms with Crippen molar-refractivity contribution < 1.29 is 14.3 Å². The first-order valence-corrected chi connectivity index (χ1v) is 11.7. The zero-order valence-electron chi connectivity index (χ0n) is 19.3. The zero-order chi connectivity index (χ0) is 24.7. The number of carbonyl (C=O) groups is 2. The van der Waals surface area contributed by atoms with Crippen molar-refractivity contribution in [2.75, 3.05) is 26.5 Å². The standard InChI is InChI=1S/C24H29Cl2N5O3/c1-31(2)21-13-19(12-20(14-21)29-24(33)34-3)28-23(27-18-6-4-5-17(26)11-18)30-22(32)15-7-9-16(25)10-8-15/h4-11,19-21H,12-14H2,1-3H3,(H,29,33)(H2,27,28,30,32). The number of nitrogens with zero attached hydrogens (tertiary/aromatic N) is 2. The SMILES string of the molecule is COC(=O)NC1CC(N=C(NC(=O)c2ccc(Cl)cc2)Nc2cccc(Cl)c2)CC(N(C)C)C1. The van der Waals surface area contributed by atoms with Crippen molar-refractivity contribution >= 4 is 46.8 Å². The number of hydrogen-bond donors (Lipinski definition) is 3. The molecule has 3 unspecified atom stereocenters. The number of ether oxygens (including phenoxy) is 1. The molecule has 3 N–H and O–H groups in total. The fourth-order valence-electron chi connectivity index (χ4n) is 3.89. The minimum atomic E-state index is -0.472. The van der Waals surface area contributed by atoms with Crippen molar-refractivity contribution in [1.82, 2.24) is 15.5 Å². The lowest BCUT2D eigenvalue weighted by Gasteiger charge is -2.37. The van der Waals surface area contributed by atoms with Crippen LogP contribution in [0.1, 0.15) is 29.6 Å². The molecule has 3 rings (SSSR count). The number of aliphatic imine (C=N–C) groups is 1. The minimum Gasteiger partial charge on any atom is -0.453 e. The molecule has 10 heteroatoms. The Kier molecular flexibility index (Phi) is 9.15. The van der Waals surface area contributed by atoms with Gasteiger partial charge in [-0.15, -0.1) is 0 Å². The van der Waals surface area contributed by atoms with Crippen LogP contribution < -0.4 is 16.0 Å². The molecule has 2 aromatic rings. The van der Waals surface area contributed by atoms with E-state index >= 15 is 0 Å². The molecule has 1 aliphatic carbocycles. The molecule has 8 nitrogen and oxygen atoms in total. The Balaban J connectivity index is 1.86. The van der Waals surface area contributed by atoms with Gasteiger partial charge in [0.15, 0.2) is 0 Å². The van der Waals surface area contributed by atoms with Gasteiger partial charge in [0.05, 0.1) is 13.2 Å². The average molecular weight is 506 g/mol. The smallest absolute Gasteiger partial charge is 0.407 e. The summed E-state index contributed by atoms with van der Waals surface area (Å²) in [6, 6.07) is 13.7. The van der Waals surface area contributed by atoms with Crippen LogP contribution in [0.5, 0.6) is 0 Å². The van der Waals surface area contributed by atoms with Crippen molar-refractivity contribution in [3.05, 3.63) is 64.1 Å². The third-order valence-electron chi connectivity index (χ3n) is 5.63. The summed E-state index contributed by atoms with van der Waals surface area (Å²) in [5.41, 5.74) is 1.14. The first kappa shape index (κ1) is 25.8. The summed E-state index contributed by atoms with van der Waals surface area (Å²) in [6.07, 6.45) is 1.68. The average Bonchev–Trinajstić information content (AvgIpc) is 2.79. The van der Waals surface area contributed by atoms with E-state index in [9.17, 15) is 9.59 Å². The number of carbonyl (C=O) groups excluding carboxylic acids is 2. The van der Waals surface area contributed by atoms with E-state index in [0.717, 1.165) is 12.8 Å². The van der Waals surface area contributed by atoms with Gasteiger partial charge in [-0.05, 0) is 75.8 Å². The highest BCUT2D eigenvalue weighted by atomic mass is 35.5. The molecule has 0 heterocycles. The van der Waals surface area contributed by atoms with Crippen molar-refractivity contribution in [2.24, 2.45) is 4.99 Å². The van der Waals surface area contributed by atoms with Crippen molar-refractivity contribution in [1.29, 1.82) is 0 Å². The van der Waals surface area contributed by atoms with Gasteiger partial charge >= 0.3 is 6.09 Å². The first-order valence-electron chi connectivity index (χ1n) is 10.9. The third kappa shape index (κ3) is 7.62. The van der Waals surface area contributed by atoms with Gasteiger partial charge in [-0.3, -0.25) is 10.1 Å². The summed E-state index contributed by atoms with van der Waals surface area (Å²) in [5.74, 6) is -0.0300. The number of alkyl carbamates (subject to hydrolysis) is 1. The number of guanidine groups is 1. The highest BCUT2D eigenvalue weighted by Gasteiger charge is 2.31. The molecule has 3 atom stereocenters. The molecular weight excluding hydrogens is 477 g/mol. The number of halogens is 2. The van der Waals surface area contributed by atoms with Crippen molar-refractivity contribution in [3.8, 4) is 0 Å². The second kappa shape index (κ2) is 12.1. The molecule has 2 aromatic carbocycles. The molecule has 1 aliphatic rings. The van der Waals surface area contributed by atoms with Crippen molar-refractivity contribution in [2.45, 2.75) is 37.4 Å². The first-order chi connectivity index (χ1) is 16.2. The molecular formula is C24H29Cl2N5O3. The maximum atomic E-state index is 12.9. The molecule has 34 heavy (non-hydrogen) atoms. The van der Waals surface area contributed by atoms with E-state index in [2.05, 4.69) is 20.9 Å².